The van der Waals surface area contributed by atoms with E-state index in [-0.39, 0.29) is 5.82 Å². The van der Waals surface area contributed by atoms with E-state index >= 15 is 0 Å². The minimum atomic E-state index is -0.229. The Labute approximate surface area is 82.7 Å². The average molecular weight is 202 g/mol. The van der Waals surface area contributed by atoms with Gasteiger partial charge in [-0.15, -0.1) is 0 Å². The van der Waals surface area contributed by atoms with Gasteiger partial charge < -0.3 is 5.73 Å². The zero-order valence-corrected chi connectivity index (χ0v) is 8.15. The van der Waals surface area contributed by atoms with Gasteiger partial charge in [-0.25, -0.2) is 4.39 Å². The maximum atomic E-state index is 12.8. The lowest BCUT2D eigenvalue weighted by molar-refractivity contribution is 0.623. The normalized spacial score (nSPS) is 10.4. The molecule has 0 saturated carbocycles. The van der Waals surface area contributed by atoms with Crippen LogP contribution in [0.5, 0.6) is 0 Å². The van der Waals surface area contributed by atoms with Gasteiger partial charge in [-0.05, 0) is 49.6 Å². The fourth-order valence-corrected chi connectivity index (χ4v) is 1.41. The van der Waals surface area contributed by atoms with Gasteiger partial charge in [0.15, 0.2) is 0 Å². The number of rotatable bonds is 4. The second kappa shape index (κ2) is 5.20. The molecule has 0 aliphatic rings. The molecule has 0 aliphatic heterocycles. The summed E-state index contributed by atoms with van der Waals surface area (Å²) in [6, 6.07) is 4.45. The Hall–Kier alpha value is -0.600. The van der Waals surface area contributed by atoms with Crippen molar-refractivity contribution in [3.63, 3.8) is 0 Å². The standard InChI is InChI=1S/C10H13ClFN/c11-10-5-4-9(12)7-8(10)3-1-2-6-13/h4-5,7H,1-3,6,13H2. The lowest BCUT2D eigenvalue weighted by Crippen LogP contribution is -1.99. The van der Waals surface area contributed by atoms with Crippen LogP contribution >= 0.6 is 11.6 Å². The Morgan fingerprint density at radius 2 is 2.08 bits per heavy atom. The second-order valence-electron chi connectivity index (χ2n) is 2.98. The highest BCUT2D eigenvalue weighted by molar-refractivity contribution is 6.31. The quantitative estimate of drug-likeness (QED) is 0.745. The fraction of sp³-hybridized carbons (Fsp3) is 0.400. The van der Waals surface area contributed by atoms with Gasteiger partial charge in [0, 0.05) is 5.02 Å². The highest BCUT2D eigenvalue weighted by Crippen LogP contribution is 2.18. The summed E-state index contributed by atoms with van der Waals surface area (Å²) in [5.74, 6) is -0.229. The van der Waals surface area contributed by atoms with E-state index in [0.717, 1.165) is 24.8 Å². The number of benzene rings is 1. The first kappa shape index (κ1) is 10.5. The van der Waals surface area contributed by atoms with Gasteiger partial charge in [0.05, 0.1) is 0 Å². The van der Waals surface area contributed by atoms with Crippen molar-refractivity contribution in [2.24, 2.45) is 5.73 Å². The highest BCUT2D eigenvalue weighted by Gasteiger charge is 2.01. The van der Waals surface area contributed by atoms with Crippen LogP contribution in [0, 0.1) is 5.82 Å². The third-order valence-electron chi connectivity index (χ3n) is 1.91. The van der Waals surface area contributed by atoms with Gasteiger partial charge >= 0.3 is 0 Å². The summed E-state index contributed by atoms with van der Waals surface area (Å²) in [6.45, 7) is 0.674. The van der Waals surface area contributed by atoms with Gasteiger partial charge in [-0.2, -0.15) is 0 Å². The Bertz CT molecular complexity index is 276. The molecule has 0 atom stereocenters. The molecule has 72 valence electrons. The molecule has 0 unspecified atom stereocenters. The van der Waals surface area contributed by atoms with Crippen molar-refractivity contribution in [1.29, 1.82) is 0 Å². The number of nitrogens with two attached hydrogens (primary N) is 1. The van der Waals surface area contributed by atoms with E-state index < -0.39 is 0 Å². The minimum absolute atomic E-state index is 0.229. The van der Waals surface area contributed by atoms with Crippen LogP contribution in [0.2, 0.25) is 5.02 Å². The molecule has 0 aliphatic carbocycles. The number of halogens is 2. The number of unbranched alkanes of at least 4 members (excludes halogenated alkanes) is 1. The first-order valence-electron chi connectivity index (χ1n) is 4.38. The molecule has 0 heterocycles. The molecule has 0 saturated heterocycles. The summed E-state index contributed by atoms with van der Waals surface area (Å²) in [4.78, 5) is 0. The van der Waals surface area contributed by atoms with Crippen molar-refractivity contribution < 1.29 is 4.39 Å². The molecule has 13 heavy (non-hydrogen) atoms. The molecular weight excluding hydrogens is 189 g/mol. The van der Waals surface area contributed by atoms with Gasteiger partial charge in [0.2, 0.25) is 0 Å². The Morgan fingerprint density at radius 3 is 2.77 bits per heavy atom. The van der Waals surface area contributed by atoms with E-state index in [9.17, 15) is 4.39 Å². The van der Waals surface area contributed by atoms with Crippen LogP contribution in [-0.4, -0.2) is 6.54 Å². The molecule has 0 amide bonds. The maximum Gasteiger partial charge on any atom is 0.123 e. The molecular formula is C10H13ClFN. The Morgan fingerprint density at radius 1 is 1.31 bits per heavy atom. The van der Waals surface area contributed by atoms with Crippen LogP contribution < -0.4 is 5.73 Å². The van der Waals surface area contributed by atoms with Crippen LogP contribution in [0.1, 0.15) is 18.4 Å². The summed E-state index contributed by atoms with van der Waals surface area (Å²) in [7, 11) is 0. The second-order valence-corrected chi connectivity index (χ2v) is 3.39. The minimum Gasteiger partial charge on any atom is -0.330 e. The molecule has 1 aromatic rings. The fourth-order valence-electron chi connectivity index (χ4n) is 1.19. The molecule has 1 aromatic carbocycles. The van der Waals surface area contributed by atoms with Crippen molar-refractivity contribution in [2.45, 2.75) is 19.3 Å². The van der Waals surface area contributed by atoms with E-state index in [1.54, 1.807) is 6.07 Å². The zero-order valence-electron chi connectivity index (χ0n) is 7.39. The van der Waals surface area contributed by atoms with Crippen LogP contribution in [0.25, 0.3) is 0 Å². The predicted molar refractivity (Wildman–Crippen MR) is 53.4 cm³/mol. The summed E-state index contributed by atoms with van der Waals surface area (Å²) in [5.41, 5.74) is 6.22. The summed E-state index contributed by atoms with van der Waals surface area (Å²) in [5, 5.41) is 0.637. The SMILES string of the molecule is NCCCCc1cc(F)ccc1Cl. The Balaban J connectivity index is 2.59. The van der Waals surface area contributed by atoms with Gasteiger partial charge in [0.1, 0.15) is 5.82 Å². The molecule has 0 bridgehead atoms. The molecule has 0 aromatic heterocycles. The van der Waals surface area contributed by atoms with E-state index in [4.69, 9.17) is 17.3 Å². The monoisotopic (exact) mass is 201 g/mol. The summed E-state index contributed by atoms with van der Waals surface area (Å²) in [6.07, 6.45) is 2.71. The van der Waals surface area contributed by atoms with E-state index in [2.05, 4.69) is 0 Å². The van der Waals surface area contributed by atoms with E-state index in [1.165, 1.54) is 12.1 Å². The number of aryl methyl sites for hydroxylation is 1. The highest BCUT2D eigenvalue weighted by atomic mass is 35.5. The van der Waals surface area contributed by atoms with Crippen molar-refractivity contribution in [1.82, 2.24) is 0 Å². The van der Waals surface area contributed by atoms with Crippen LogP contribution in [0.15, 0.2) is 18.2 Å². The van der Waals surface area contributed by atoms with Crippen LogP contribution in [0.4, 0.5) is 4.39 Å². The molecule has 0 radical (unpaired) electrons. The van der Waals surface area contributed by atoms with Crippen molar-refractivity contribution >= 4 is 11.6 Å². The number of hydrogen-bond donors (Lipinski definition) is 1. The van der Waals surface area contributed by atoms with Crippen molar-refractivity contribution in [3.05, 3.63) is 34.6 Å². The first-order valence-corrected chi connectivity index (χ1v) is 4.76. The lowest BCUT2D eigenvalue weighted by Gasteiger charge is -2.03. The first-order chi connectivity index (χ1) is 6.24. The molecule has 3 heteroatoms. The molecule has 2 N–H and O–H groups in total. The van der Waals surface area contributed by atoms with Gasteiger partial charge in [-0.3, -0.25) is 0 Å². The lowest BCUT2D eigenvalue weighted by atomic mass is 10.1. The maximum absolute atomic E-state index is 12.8. The van der Waals surface area contributed by atoms with Crippen LogP contribution in [-0.2, 0) is 6.42 Å². The average Bonchev–Trinajstić information content (AvgIpc) is 2.11. The predicted octanol–water partition coefficient (Wildman–Crippen LogP) is 2.76. The molecule has 1 rings (SSSR count). The smallest absolute Gasteiger partial charge is 0.123 e. The van der Waals surface area contributed by atoms with Crippen LogP contribution in [0.3, 0.4) is 0 Å². The van der Waals surface area contributed by atoms with Gasteiger partial charge in [0.25, 0.3) is 0 Å². The van der Waals surface area contributed by atoms with Gasteiger partial charge in [-0.1, -0.05) is 11.6 Å². The molecule has 0 spiro atoms. The van der Waals surface area contributed by atoms with E-state index in [0.29, 0.717) is 11.6 Å². The summed E-state index contributed by atoms with van der Waals surface area (Å²) >= 11 is 5.88. The third-order valence-corrected chi connectivity index (χ3v) is 2.28. The van der Waals surface area contributed by atoms with Crippen molar-refractivity contribution in [3.8, 4) is 0 Å². The molecule has 1 nitrogen and oxygen atoms in total. The summed E-state index contributed by atoms with van der Waals surface area (Å²) < 4.78 is 12.8. The zero-order chi connectivity index (χ0) is 9.68. The van der Waals surface area contributed by atoms with E-state index in [1.807, 2.05) is 0 Å². The number of hydrogen-bond acceptors (Lipinski definition) is 1. The third kappa shape index (κ3) is 3.33. The Kier molecular flexibility index (Phi) is 4.19. The topological polar surface area (TPSA) is 26.0 Å². The molecule has 0 fully saturated rings. The largest absolute Gasteiger partial charge is 0.330 e. The van der Waals surface area contributed by atoms with Crippen molar-refractivity contribution in [2.75, 3.05) is 6.54 Å².